The topological polar surface area (TPSA) is 52.6 Å². The Morgan fingerprint density at radius 1 is 1.43 bits per heavy atom. The molecule has 1 aromatic rings. The van der Waals surface area contributed by atoms with Gasteiger partial charge in [0.1, 0.15) is 0 Å². The Morgan fingerprint density at radius 3 is 2.70 bits per heavy atom. The van der Waals surface area contributed by atoms with Gasteiger partial charge in [-0.2, -0.15) is 0 Å². The van der Waals surface area contributed by atoms with E-state index in [1.54, 1.807) is 4.90 Å². The van der Waals surface area contributed by atoms with Gasteiger partial charge < -0.3 is 15.3 Å². The summed E-state index contributed by atoms with van der Waals surface area (Å²) in [6.07, 6.45) is 0.712. The van der Waals surface area contributed by atoms with Crippen molar-refractivity contribution in [3.63, 3.8) is 0 Å². The van der Waals surface area contributed by atoms with Crippen LogP contribution in [0, 0.1) is 5.41 Å². The zero-order chi connectivity index (χ0) is 17.2. The summed E-state index contributed by atoms with van der Waals surface area (Å²) >= 11 is 5.26. The molecule has 0 spiro atoms. The van der Waals surface area contributed by atoms with Gasteiger partial charge in [-0.15, -0.1) is 0 Å². The minimum absolute atomic E-state index is 0.000451. The van der Waals surface area contributed by atoms with Gasteiger partial charge >= 0.3 is 6.09 Å². The molecule has 126 valence electrons. The smallest absolute Gasteiger partial charge is 0.407 e. The zero-order valence-corrected chi connectivity index (χ0v) is 15.2. The van der Waals surface area contributed by atoms with E-state index in [1.165, 1.54) is 11.1 Å². The van der Waals surface area contributed by atoms with Gasteiger partial charge in [-0.3, -0.25) is 0 Å². The molecule has 0 aromatic heterocycles. The standard InChI is InChI=1S/C18H26N2O2S/c1-5-16(23)19-13-6-7-14-12(10-13)8-9-20(17(21)22)11-15(14)18(2,3)4/h6-7,10,15H,5,8-9,11H2,1-4H3,(H,19,23)(H,21,22). The fourth-order valence-corrected chi connectivity index (χ4v) is 3.19. The highest BCUT2D eigenvalue weighted by molar-refractivity contribution is 7.80. The summed E-state index contributed by atoms with van der Waals surface area (Å²) in [5.74, 6) is 0.184. The summed E-state index contributed by atoms with van der Waals surface area (Å²) in [4.78, 5) is 13.8. The predicted octanol–water partition coefficient (Wildman–Crippen LogP) is 4.50. The van der Waals surface area contributed by atoms with Crippen LogP contribution in [-0.2, 0) is 6.42 Å². The van der Waals surface area contributed by atoms with Crippen molar-refractivity contribution in [3.05, 3.63) is 29.3 Å². The Hall–Kier alpha value is -1.62. The molecule has 1 unspecified atom stereocenters. The van der Waals surface area contributed by atoms with Gasteiger partial charge in [0.25, 0.3) is 0 Å². The maximum Gasteiger partial charge on any atom is 0.407 e. The average molecular weight is 334 g/mol. The van der Waals surface area contributed by atoms with Gasteiger partial charge in [-0.05, 0) is 41.5 Å². The number of carboxylic acid groups (broad SMARTS) is 1. The monoisotopic (exact) mass is 334 g/mol. The minimum Gasteiger partial charge on any atom is -0.465 e. The molecule has 2 N–H and O–H groups in total. The Balaban J connectivity index is 2.39. The third-order valence-electron chi connectivity index (χ3n) is 4.49. The van der Waals surface area contributed by atoms with Crippen molar-refractivity contribution in [2.24, 2.45) is 5.41 Å². The van der Waals surface area contributed by atoms with Gasteiger partial charge in [0.2, 0.25) is 0 Å². The number of carbonyl (C=O) groups is 1. The summed E-state index contributed by atoms with van der Waals surface area (Å²) in [5, 5.41) is 12.7. The fraction of sp³-hybridized carbons (Fsp3) is 0.556. The van der Waals surface area contributed by atoms with E-state index >= 15 is 0 Å². The lowest BCUT2D eigenvalue weighted by atomic mass is 9.75. The Bertz CT molecular complexity index is 608. The van der Waals surface area contributed by atoms with Crippen LogP contribution in [-0.4, -0.2) is 34.2 Å². The second kappa shape index (κ2) is 6.87. The number of rotatable bonds is 2. The molecule has 5 heteroatoms. The normalized spacial score (nSPS) is 18.1. The van der Waals surface area contributed by atoms with Gasteiger partial charge in [0.05, 0.1) is 4.99 Å². The van der Waals surface area contributed by atoms with Crippen LogP contribution in [0.2, 0.25) is 0 Å². The lowest BCUT2D eigenvalue weighted by Gasteiger charge is -2.33. The number of amides is 1. The molecule has 0 saturated carbocycles. The molecule has 0 radical (unpaired) electrons. The quantitative estimate of drug-likeness (QED) is 0.782. The average Bonchev–Trinajstić information content (AvgIpc) is 2.66. The second-order valence-corrected chi connectivity index (χ2v) is 7.71. The van der Waals surface area contributed by atoms with Crippen LogP contribution in [0.5, 0.6) is 0 Å². The molecule has 0 saturated heterocycles. The summed E-state index contributed by atoms with van der Waals surface area (Å²) in [5.41, 5.74) is 3.47. The van der Waals surface area contributed by atoms with Crippen molar-refractivity contribution >= 4 is 29.0 Å². The molecular weight excluding hydrogens is 308 g/mol. The van der Waals surface area contributed by atoms with Crippen molar-refractivity contribution in [2.45, 2.75) is 46.5 Å². The van der Waals surface area contributed by atoms with E-state index in [-0.39, 0.29) is 11.3 Å². The lowest BCUT2D eigenvalue weighted by Crippen LogP contribution is -2.36. The van der Waals surface area contributed by atoms with Gasteiger partial charge in [0.15, 0.2) is 0 Å². The number of fused-ring (bicyclic) bond motifs is 1. The SMILES string of the molecule is CCC(=S)Nc1ccc2c(c1)CCN(C(=O)O)CC2C(C)(C)C. The lowest BCUT2D eigenvalue weighted by molar-refractivity contribution is 0.135. The molecule has 0 aliphatic carbocycles. The van der Waals surface area contributed by atoms with Gasteiger partial charge in [-0.1, -0.05) is 46.0 Å². The van der Waals surface area contributed by atoms with E-state index in [0.29, 0.717) is 13.1 Å². The van der Waals surface area contributed by atoms with Crippen molar-refractivity contribution < 1.29 is 9.90 Å². The molecule has 2 rings (SSSR count). The third-order valence-corrected chi connectivity index (χ3v) is 4.88. The first-order valence-electron chi connectivity index (χ1n) is 8.13. The minimum atomic E-state index is -0.836. The molecule has 1 aromatic carbocycles. The Labute approximate surface area is 143 Å². The Morgan fingerprint density at radius 2 is 2.13 bits per heavy atom. The number of nitrogens with zero attached hydrogens (tertiary/aromatic N) is 1. The van der Waals surface area contributed by atoms with E-state index in [4.69, 9.17) is 12.2 Å². The van der Waals surface area contributed by atoms with Crippen LogP contribution >= 0.6 is 12.2 Å². The molecule has 1 aliphatic rings. The number of thiocarbonyl (C=S) groups is 1. The van der Waals surface area contributed by atoms with Crippen LogP contribution < -0.4 is 5.32 Å². The first kappa shape index (κ1) is 17.7. The molecule has 1 atom stereocenters. The molecule has 4 nitrogen and oxygen atoms in total. The zero-order valence-electron chi connectivity index (χ0n) is 14.3. The predicted molar refractivity (Wildman–Crippen MR) is 98.5 cm³/mol. The molecular formula is C18H26N2O2S. The second-order valence-electron chi connectivity index (χ2n) is 7.21. The number of anilines is 1. The van der Waals surface area contributed by atoms with Crippen LogP contribution in [0.1, 0.15) is 51.2 Å². The molecule has 23 heavy (non-hydrogen) atoms. The van der Waals surface area contributed by atoms with Crippen molar-refractivity contribution in [1.82, 2.24) is 4.90 Å². The first-order valence-corrected chi connectivity index (χ1v) is 8.53. The number of hydrogen-bond acceptors (Lipinski definition) is 2. The summed E-state index contributed by atoms with van der Waals surface area (Å²) in [7, 11) is 0. The van der Waals surface area contributed by atoms with Crippen LogP contribution in [0.4, 0.5) is 10.5 Å². The molecule has 1 heterocycles. The largest absolute Gasteiger partial charge is 0.465 e. The van der Waals surface area contributed by atoms with Crippen molar-refractivity contribution in [3.8, 4) is 0 Å². The highest BCUT2D eigenvalue weighted by Gasteiger charge is 2.33. The van der Waals surface area contributed by atoms with Crippen LogP contribution in [0.3, 0.4) is 0 Å². The van der Waals surface area contributed by atoms with E-state index in [1.807, 2.05) is 6.92 Å². The molecule has 1 amide bonds. The summed E-state index contributed by atoms with van der Waals surface area (Å²) < 4.78 is 0. The van der Waals surface area contributed by atoms with Gasteiger partial charge in [-0.25, -0.2) is 4.79 Å². The van der Waals surface area contributed by atoms with E-state index in [0.717, 1.165) is 23.5 Å². The van der Waals surface area contributed by atoms with E-state index in [9.17, 15) is 9.90 Å². The summed E-state index contributed by atoms with van der Waals surface area (Å²) in [6.45, 7) is 9.63. The van der Waals surface area contributed by atoms with E-state index in [2.05, 4.69) is 44.3 Å². The first-order chi connectivity index (χ1) is 10.7. The third kappa shape index (κ3) is 4.22. The number of benzene rings is 1. The van der Waals surface area contributed by atoms with Crippen LogP contribution in [0.25, 0.3) is 0 Å². The number of nitrogens with one attached hydrogen (secondary N) is 1. The molecule has 0 fully saturated rings. The summed E-state index contributed by atoms with van der Waals surface area (Å²) in [6, 6.07) is 6.31. The maximum atomic E-state index is 11.5. The van der Waals surface area contributed by atoms with Crippen molar-refractivity contribution in [1.29, 1.82) is 0 Å². The van der Waals surface area contributed by atoms with Gasteiger partial charge in [0, 0.05) is 24.7 Å². The number of hydrogen-bond donors (Lipinski definition) is 2. The maximum absolute atomic E-state index is 11.5. The highest BCUT2D eigenvalue weighted by atomic mass is 32.1. The molecule has 1 aliphatic heterocycles. The van der Waals surface area contributed by atoms with E-state index < -0.39 is 6.09 Å². The Kier molecular flexibility index (Phi) is 5.30. The van der Waals surface area contributed by atoms with Crippen LogP contribution in [0.15, 0.2) is 18.2 Å². The molecule has 0 bridgehead atoms. The highest BCUT2D eigenvalue weighted by Crippen LogP contribution is 2.39. The fourth-order valence-electron chi connectivity index (χ4n) is 3.07. The van der Waals surface area contributed by atoms with Crippen molar-refractivity contribution in [2.75, 3.05) is 18.4 Å².